The van der Waals surface area contributed by atoms with Crippen molar-refractivity contribution in [3.8, 4) is 11.3 Å². The molecular weight excluding hydrogens is 407 g/mol. The summed E-state index contributed by atoms with van der Waals surface area (Å²) >= 11 is 5.19. The van der Waals surface area contributed by atoms with Gasteiger partial charge in [0, 0.05) is 38.1 Å². The minimum Gasteiger partial charge on any atom is -0.385 e. The third kappa shape index (κ3) is 3.97. The average Bonchev–Trinajstić information content (AvgIpc) is 3.03. The number of rotatable bonds is 6. The zero-order chi connectivity index (χ0) is 21.3. The second kappa shape index (κ2) is 8.07. The van der Waals surface area contributed by atoms with Crippen LogP contribution in [0.5, 0.6) is 0 Å². The van der Waals surface area contributed by atoms with Gasteiger partial charge in [-0.05, 0) is 38.6 Å². The molecular formula is C18H20F3N5O2S. The molecule has 0 radical (unpaired) electrons. The molecule has 0 saturated heterocycles. The van der Waals surface area contributed by atoms with Crippen molar-refractivity contribution in [3.63, 3.8) is 0 Å². The van der Waals surface area contributed by atoms with E-state index in [1.54, 1.807) is 11.6 Å². The number of alkyl halides is 3. The third-order valence-corrected chi connectivity index (χ3v) is 4.99. The fraction of sp³-hybridized carbons (Fsp3) is 0.444. The van der Waals surface area contributed by atoms with Gasteiger partial charge in [-0.25, -0.2) is 4.98 Å². The van der Waals surface area contributed by atoms with E-state index in [1.807, 2.05) is 6.92 Å². The molecule has 0 saturated carbocycles. The van der Waals surface area contributed by atoms with E-state index in [2.05, 4.69) is 15.1 Å². The van der Waals surface area contributed by atoms with Crippen molar-refractivity contribution in [2.24, 2.45) is 0 Å². The Morgan fingerprint density at radius 2 is 2.07 bits per heavy atom. The zero-order valence-corrected chi connectivity index (χ0v) is 16.9. The van der Waals surface area contributed by atoms with Gasteiger partial charge in [-0.2, -0.15) is 18.3 Å². The van der Waals surface area contributed by atoms with Crippen LogP contribution in [0.1, 0.15) is 24.6 Å². The predicted octanol–water partition coefficient (Wildman–Crippen LogP) is 3.70. The Balaban J connectivity index is 2.38. The summed E-state index contributed by atoms with van der Waals surface area (Å²) in [5.74, 6) is 0. The topological polar surface area (TPSA) is 77.7 Å². The lowest BCUT2D eigenvalue weighted by molar-refractivity contribution is -0.136. The van der Waals surface area contributed by atoms with Crippen LogP contribution in [0.3, 0.4) is 0 Å². The summed E-state index contributed by atoms with van der Waals surface area (Å²) in [5.41, 5.74) is -0.847. The highest BCUT2D eigenvalue weighted by molar-refractivity contribution is 7.71. The van der Waals surface area contributed by atoms with Crippen molar-refractivity contribution in [3.05, 3.63) is 38.6 Å². The third-order valence-electron chi connectivity index (χ3n) is 4.66. The average molecular weight is 427 g/mol. The van der Waals surface area contributed by atoms with Crippen LogP contribution >= 0.6 is 12.2 Å². The summed E-state index contributed by atoms with van der Waals surface area (Å²) in [6.45, 7) is 4.84. The number of aromatic nitrogens is 5. The molecule has 0 amide bonds. The first-order chi connectivity index (χ1) is 13.7. The molecule has 0 aliphatic rings. The quantitative estimate of drug-likeness (QED) is 0.479. The van der Waals surface area contributed by atoms with E-state index in [1.165, 1.54) is 17.9 Å². The maximum atomic E-state index is 13.8. The van der Waals surface area contributed by atoms with Gasteiger partial charge < -0.3 is 9.30 Å². The summed E-state index contributed by atoms with van der Waals surface area (Å²) in [5, 5.41) is 3.65. The predicted molar refractivity (Wildman–Crippen MR) is 104 cm³/mol. The first-order valence-electron chi connectivity index (χ1n) is 8.95. The first kappa shape index (κ1) is 21.2. The van der Waals surface area contributed by atoms with Gasteiger partial charge >= 0.3 is 6.18 Å². The van der Waals surface area contributed by atoms with E-state index < -0.39 is 22.7 Å². The van der Waals surface area contributed by atoms with Crippen molar-refractivity contribution in [2.45, 2.75) is 39.5 Å². The van der Waals surface area contributed by atoms with E-state index >= 15 is 0 Å². The molecule has 0 aliphatic heterocycles. The molecule has 3 rings (SSSR count). The lowest BCUT2D eigenvalue weighted by atomic mass is 10.1. The van der Waals surface area contributed by atoms with Gasteiger partial charge in [0.15, 0.2) is 4.77 Å². The van der Waals surface area contributed by atoms with Crippen molar-refractivity contribution >= 4 is 23.3 Å². The lowest BCUT2D eigenvalue weighted by Gasteiger charge is -2.16. The Morgan fingerprint density at radius 1 is 1.34 bits per heavy atom. The van der Waals surface area contributed by atoms with Crippen molar-refractivity contribution in [2.75, 3.05) is 13.7 Å². The van der Waals surface area contributed by atoms with Gasteiger partial charge in [-0.3, -0.25) is 14.5 Å². The molecule has 7 nitrogen and oxygen atoms in total. The summed E-state index contributed by atoms with van der Waals surface area (Å²) in [6.07, 6.45) is -2.78. The Kier molecular flexibility index (Phi) is 5.90. The van der Waals surface area contributed by atoms with Crippen LogP contribution < -0.4 is 5.56 Å². The molecule has 0 aliphatic carbocycles. The molecule has 11 heteroatoms. The number of hydrogen-bond acceptors (Lipinski definition) is 5. The van der Waals surface area contributed by atoms with Crippen molar-refractivity contribution < 1.29 is 17.9 Å². The van der Waals surface area contributed by atoms with E-state index in [9.17, 15) is 18.0 Å². The van der Waals surface area contributed by atoms with Gasteiger partial charge in [0.05, 0.1) is 22.8 Å². The maximum absolute atomic E-state index is 13.8. The fourth-order valence-corrected chi connectivity index (χ4v) is 3.50. The van der Waals surface area contributed by atoms with Gasteiger partial charge in [-0.1, -0.05) is 0 Å². The molecule has 0 bridgehead atoms. The minimum atomic E-state index is -4.75. The number of pyridine rings is 1. The summed E-state index contributed by atoms with van der Waals surface area (Å²) in [7, 11) is 1.52. The van der Waals surface area contributed by atoms with E-state index in [-0.39, 0.29) is 22.7 Å². The fourth-order valence-electron chi connectivity index (χ4n) is 3.23. The van der Waals surface area contributed by atoms with Crippen LogP contribution in [0.2, 0.25) is 0 Å². The number of aryl methyl sites for hydroxylation is 2. The highest BCUT2D eigenvalue weighted by atomic mass is 32.1. The largest absolute Gasteiger partial charge is 0.417 e. The Bertz CT molecular complexity index is 1160. The number of ether oxygens (including phenoxy) is 1. The summed E-state index contributed by atoms with van der Waals surface area (Å²) in [6, 6.07) is 0.893. The minimum absolute atomic E-state index is 0.0114. The van der Waals surface area contributed by atoms with Crippen molar-refractivity contribution in [1.82, 2.24) is 24.3 Å². The van der Waals surface area contributed by atoms with Gasteiger partial charge in [0.1, 0.15) is 5.65 Å². The number of nitrogens with one attached hydrogen (secondary N) is 1. The van der Waals surface area contributed by atoms with Crippen molar-refractivity contribution in [1.29, 1.82) is 0 Å². The van der Waals surface area contributed by atoms with E-state index in [4.69, 9.17) is 17.0 Å². The van der Waals surface area contributed by atoms with Crippen LogP contribution in [0.15, 0.2) is 17.1 Å². The molecule has 0 unspecified atom stereocenters. The molecule has 156 valence electrons. The smallest absolute Gasteiger partial charge is 0.385 e. The number of hydrogen-bond donors (Lipinski definition) is 1. The highest BCUT2D eigenvalue weighted by Gasteiger charge is 2.35. The Hall–Kier alpha value is -2.53. The van der Waals surface area contributed by atoms with Gasteiger partial charge in [0.2, 0.25) is 0 Å². The number of H-pyrrole nitrogens is 1. The summed E-state index contributed by atoms with van der Waals surface area (Å²) in [4.78, 5) is 19.1. The maximum Gasteiger partial charge on any atom is 0.417 e. The zero-order valence-electron chi connectivity index (χ0n) is 16.1. The second-order valence-electron chi connectivity index (χ2n) is 6.47. The highest BCUT2D eigenvalue weighted by Crippen LogP contribution is 2.36. The number of halogens is 3. The molecule has 0 atom stereocenters. The van der Waals surface area contributed by atoms with Crippen LogP contribution in [-0.2, 0) is 24.0 Å². The Labute approximate surface area is 169 Å². The molecule has 3 aromatic rings. The lowest BCUT2D eigenvalue weighted by Crippen LogP contribution is -2.21. The Morgan fingerprint density at radius 3 is 2.66 bits per heavy atom. The molecule has 29 heavy (non-hydrogen) atoms. The van der Waals surface area contributed by atoms with Crippen LogP contribution in [0, 0.1) is 11.7 Å². The standard InChI is InChI=1S/C18H20F3N5O2S/c1-4-26-10(2)11(9-22-26)13-8-12(18(19,20)21)14-15(23-13)25(6-5-7-28-3)17(29)24-16(14)27/h8-9H,4-7H2,1-3H3,(H,24,27,29). The number of methoxy groups -OCH3 is 1. The SMILES string of the molecule is CCn1ncc(-c2cc(C(F)(F)F)c3c(=O)[nH]c(=S)n(CCCOC)c3n2)c1C. The first-order valence-corrected chi connectivity index (χ1v) is 9.36. The second-order valence-corrected chi connectivity index (χ2v) is 6.85. The van der Waals surface area contributed by atoms with Crippen LogP contribution in [0.4, 0.5) is 13.2 Å². The molecule has 0 spiro atoms. The molecule has 0 fully saturated rings. The van der Waals surface area contributed by atoms with Crippen LogP contribution in [0.25, 0.3) is 22.3 Å². The molecule has 0 aromatic carbocycles. The molecule has 3 heterocycles. The number of fused-ring (bicyclic) bond motifs is 1. The molecule has 1 N–H and O–H groups in total. The van der Waals surface area contributed by atoms with Gasteiger partial charge in [0.25, 0.3) is 5.56 Å². The van der Waals surface area contributed by atoms with E-state index in [0.29, 0.717) is 30.8 Å². The number of aromatic amines is 1. The monoisotopic (exact) mass is 427 g/mol. The van der Waals surface area contributed by atoms with E-state index in [0.717, 1.165) is 6.07 Å². The number of nitrogens with zero attached hydrogens (tertiary/aromatic N) is 4. The molecule has 3 aromatic heterocycles. The summed E-state index contributed by atoms with van der Waals surface area (Å²) < 4.78 is 49.6. The normalized spacial score (nSPS) is 12.1. The van der Waals surface area contributed by atoms with Crippen LogP contribution in [-0.4, -0.2) is 38.0 Å². The van der Waals surface area contributed by atoms with Gasteiger partial charge in [-0.15, -0.1) is 0 Å².